The summed E-state index contributed by atoms with van der Waals surface area (Å²) in [4.78, 5) is 0. The van der Waals surface area contributed by atoms with Gasteiger partial charge < -0.3 is 87.5 Å². The van der Waals surface area contributed by atoms with E-state index in [2.05, 4.69) is 0 Å². The van der Waals surface area contributed by atoms with Crippen LogP contribution in [0.3, 0.4) is 0 Å². The highest BCUT2D eigenvalue weighted by Gasteiger charge is 2.48. The Morgan fingerprint density at radius 3 is 1.98 bits per heavy atom. The topological polar surface area (TPSA) is 271 Å². The second-order valence-corrected chi connectivity index (χ2v) is 10.3. The molecular formula is C27H31ClO16. The van der Waals surface area contributed by atoms with Crippen molar-refractivity contribution in [1.29, 1.82) is 0 Å². The van der Waals surface area contributed by atoms with E-state index in [9.17, 15) is 56.2 Å². The maximum absolute atomic E-state index is 10.7. The first-order chi connectivity index (χ1) is 20.3. The summed E-state index contributed by atoms with van der Waals surface area (Å²) in [6.07, 6.45) is -15.6. The third-order valence-electron chi connectivity index (χ3n) is 7.29. The summed E-state index contributed by atoms with van der Waals surface area (Å²) in [7, 11) is 0. The zero-order valence-electron chi connectivity index (χ0n) is 22.7. The van der Waals surface area contributed by atoms with Crippen LogP contribution in [0.1, 0.15) is 6.92 Å². The molecule has 2 aliphatic heterocycles. The van der Waals surface area contributed by atoms with Gasteiger partial charge in [0.2, 0.25) is 12.0 Å². The molecule has 0 amide bonds. The van der Waals surface area contributed by atoms with Crippen LogP contribution in [0.25, 0.3) is 22.3 Å². The lowest BCUT2D eigenvalue weighted by molar-refractivity contribution is -0.318. The average molecular weight is 647 g/mol. The number of hydrogen-bond acceptors (Lipinski definition) is 15. The Morgan fingerprint density at radius 2 is 1.32 bits per heavy atom. The third-order valence-corrected chi connectivity index (χ3v) is 7.29. The van der Waals surface area contributed by atoms with Crippen molar-refractivity contribution >= 4 is 11.0 Å². The van der Waals surface area contributed by atoms with Crippen molar-refractivity contribution in [2.24, 2.45) is 0 Å². The smallest absolute Gasteiger partial charge is 0.402 e. The van der Waals surface area contributed by atoms with Crippen LogP contribution in [0.5, 0.6) is 34.5 Å². The lowest BCUT2D eigenvalue weighted by atomic mass is 9.98. The normalized spacial score (nSPS) is 32.2. The molecule has 44 heavy (non-hydrogen) atoms. The van der Waals surface area contributed by atoms with Crippen LogP contribution in [0, 0.1) is 0 Å². The number of benzene rings is 2. The predicted octanol–water partition coefficient (Wildman–Crippen LogP) is -4.06. The van der Waals surface area contributed by atoms with Crippen LogP contribution < -0.4 is 17.1 Å². The summed E-state index contributed by atoms with van der Waals surface area (Å²) < 4.78 is 28.1. The fourth-order valence-electron chi connectivity index (χ4n) is 4.83. The molecular weight excluding hydrogens is 616 g/mol. The molecule has 0 spiro atoms. The quantitative estimate of drug-likeness (QED) is 0.0898. The van der Waals surface area contributed by atoms with E-state index in [-0.39, 0.29) is 46.2 Å². The summed E-state index contributed by atoms with van der Waals surface area (Å²) in [5, 5.41) is 112. The Hall–Kier alpha value is -3.42. The van der Waals surface area contributed by atoms with E-state index in [1.54, 1.807) is 0 Å². The Morgan fingerprint density at radius 1 is 0.705 bits per heavy atom. The largest absolute Gasteiger partial charge is 1.00 e. The van der Waals surface area contributed by atoms with E-state index in [0.717, 1.165) is 24.3 Å². The highest BCUT2D eigenvalue weighted by atomic mass is 35.5. The van der Waals surface area contributed by atoms with Gasteiger partial charge in [0.1, 0.15) is 59.6 Å². The zero-order chi connectivity index (χ0) is 31.3. The number of rotatable bonds is 6. The summed E-state index contributed by atoms with van der Waals surface area (Å²) in [6, 6.07) is 5.39. The van der Waals surface area contributed by atoms with Crippen LogP contribution in [-0.4, -0.2) is 124 Å². The predicted molar refractivity (Wildman–Crippen MR) is 140 cm³/mol. The minimum atomic E-state index is -1.88. The van der Waals surface area contributed by atoms with Gasteiger partial charge >= 0.3 is 11.3 Å². The average Bonchev–Trinajstić information content (AvgIpc) is 2.96. The monoisotopic (exact) mass is 646 g/mol. The molecule has 0 unspecified atom stereocenters. The van der Waals surface area contributed by atoms with Gasteiger partial charge in [-0.1, -0.05) is 0 Å². The molecule has 1 aromatic heterocycles. The van der Waals surface area contributed by atoms with Crippen molar-refractivity contribution in [1.82, 2.24) is 0 Å². The number of aromatic hydroxyl groups is 5. The fourth-order valence-corrected chi connectivity index (χ4v) is 4.83. The van der Waals surface area contributed by atoms with E-state index in [1.807, 2.05) is 0 Å². The number of ether oxygens (including phenoxy) is 4. The van der Waals surface area contributed by atoms with E-state index < -0.39 is 91.0 Å². The first-order valence-electron chi connectivity index (χ1n) is 13.0. The van der Waals surface area contributed by atoms with Gasteiger partial charge in [0.15, 0.2) is 23.5 Å². The minimum absolute atomic E-state index is 0. The van der Waals surface area contributed by atoms with Crippen LogP contribution in [0.2, 0.25) is 0 Å². The molecule has 11 N–H and O–H groups in total. The molecule has 0 aliphatic carbocycles. The lowest BCUT2D eigenvalue weighted by Gasteiger charge is -2.42. The van der Waals surface area contributed by atoms with Crippen LogP contribution in [0.15, 0.2) is 34.7 Å². The molecule has 2 saturated heterocycles. The molecule has 3 aromatic rings. The zero-order valence-corrected chi connectivity index (χ0v) is 23.5. The van der Waals surface area contributed by atoms with Crippen molar-refractivity contribution in [3.8, 4) is 45.8 Å². The summed E-state index contributed by atoms with van der Waals surface area (Å²) in [5.41, 5.74) is -0.150. The molecule has 3 heterocycles. The van der Waals surface area contributed by atoms with Crippen molar-refractivity contribution in [3.05, 3.63) is 30.3 Å². The number of phenolic OH excluding ortho intramolecular Hbond substituents is 5. The molecule has 2 aliphatic rings. The van der Waals surface area contributed by atoms with Gasteiger partial charge in [-0.2, -0.15) is 0 Å². The second kappa shape index (κ2) is 12.9. The first kappa shape index (κ1) is 33.5. The maximum Gasteiger partial charge on any atom is 0.402 e. The molecule has 10 atom stereocenters. The Kier molecular flexibility index (Phi) is 9.81. The highest BCUT2D eigenvalue weighted by Crippen LogP contribution is 2.45. The summed E-state index contributed by atoms with van der Waals surface area (Å²) in [5.74, 6) is -3.64. The van der Waals surface area contributed by atoms with Crippen molar-refractivity contribution in [2.45, 2.75) is 68.3 Å². The SMILES string of the molecule is C[C@@H]1O[C@@H](OC[C@H]2O[C@@H](Oc3cc4c(O)cc(O)cc4[o+]c3-c3cc(O)c(O)c(O)c3)[C@H](O)[C@@H](O)[C@@H]2O)[C@H](O)[C@H](O)[C@H]1O.[Cl-]. The van der Waals surface area contributed by atoms with E-state index >= 15 is 0 Å². The van der Waals surface area contributed by atoms with Gasteiger partial charge in [-0.05, 0) is 6.92 Å². The molecule has 16 nitrogen and oxygen atoms in total. The second-order valence-electron chi connectivity index (χ2n) is 10.3. The van der Waals surface area contributed by atoms with E-state index in [0.29, 0.717) is 0 Å². The van der Waals surface area contributed by atoms with Crippen LogP contribution in [0.4, 0.5) is 0 Å². The standard InChI is InChI=1S/C27H30O16.ClH/c1-8-18(32)21(35)23(37)26(40-8)39-7-17-20(34)22(36)24(38)27(43-17)42-16-6-11-12(29)4-10(28)5-15(11)41-25(16)9-2-13(30)19(33)14(31)3-9;/h2-6,8,17-18,20-24,26-27,32,34-38H,7H2,1H3,(H4-,28,29,30,31,33);1H/t8-,17+,18-,20+,21+,22-,23+,24+,26+,27+;/m0./s1. The van der Waals surface area contributed by atoms with Gasteiger partial charge in [-0.3, -0.25) is 0 Å². The van der Waals surface area contributed by atoms with Crippen molar-refractivity contribution < 1.29 is 91.9 Å². The number of hydrogen-bond donors (Lipinski definition) is 11. The minimum Gasteiger partial charge on any atom is -1.00 e. The summed E-state index contributed by atoms with van der Waals surface area (Å²) in [6.45, 7) is 0.877. The van der Waals surface area contributed by atoms with E-state index in [1.165, 1.54) is 13.0 Å². The molecule has 2 fully saturated rings. The van der Waals surface area contributed by atoms with Gasteiger partial charge in [-0.25, -0.2) is 4.42 Å². The molecule has 0 radical (unpaired) electrons. The first-order valence-corrected chi connectivity index (χ1v) is 13.0. The lowest BCUT2D eigenvalue weighted by Crippen LogP contribution is -3.00. The number of aliphatic hydroxyl groups is 6. The number of fused-ring (bicyclic) bond motifs is 1. The molecule has 242 valence electrons. The van der Waals surface area contributed by atoms with Gasteiger partial charge in [0.05, 0.1) is 24.3 Å². The van der Waals surface area contributed by atoms with E-state index in [4.69, 9.17) is 23.4 Å². The van der Waals surface area contributed by atoms with Crippen LogP contribution >= 0.6 is 0 Å². The van der Waals surface area contributed by atoms with Crippen LogP contribution in [-0.2, 0) is 14.2 Å². The number of halogens is 1. The van der Waals surface area contributed by atoms with Gasteiger partial charge in [-0.15, -0.1) is 0 Å². The van der Waals surface area contributed by atoms with Crippen molar-refractivity contribution in [3.63, 3.8) is 0 Å². The molecule has 5 rings (SSSR count). The molecule has 17 heteroatoms. The van der Waals surface area contributed by atoms with Gasteiger partial charge in [0.25, 0.3) is 0 Å². The fraction of sp³-hybridized carbons (Fsp3) is 0.444. The number of phenols is 5. The Labute approximate surface area is 254 Å². The maximum atomic E-state index is 10.7. The highest BCUT2D eigenvalue weighted by molar-refractivity contribution is 5.88. The van der Waals surface area contributed by atoms with Gasteiger partial charge in [0, 0.05) is 24.3 Å². The number of aliphatic hydroxyl groups excluding tert-OH is 6. The molecule has 0 bridgehead atoms. The molecule has 0 saturated carbocycles. The molecule has 2 aromatic carbocycles. The third kappa shape index (κ3) is 6.22. The van der Waals surface area contributed by atoms with Crippen molar-refractivity contribution in [2.75, 3.05) is 6.61 Å². The Bertz CT molecular complexity index is 1460. The summed E-state index contributed by atoms with van der Waals surface area (Å²) >= 11 is 0. The Balaban J connectivity index is 0.00000442.